The maximum atomic E-state index is 13.0. The Balaban J connectivity index is 1.67. The van der Waals surface area contributed by atoms with Crippen molar-refractivity contribution in [3.8, 4) is 5.69 Å². The van der Waals surface area contributed by atoms with Crippen LogP contribution in [0.1, 0.15) is 11.1 Å². The molecule has 0 aliphatic carbocycles. The van der Waals surface area contributed by atoms with Gasteiger partial charge in [-0.25, -0.2) is 31.9 Å². The molecule has 0 radical (unpaired) electrons. The number of hydrogen-bond donors (Lipinski definition) is 0. The highest BCUT2D eigenvalue weighted by Gasteiger charge is 2.28. The summed E-state index contributed by atoms with van der Waals surface area (Å²) in [6.07, 6.45) is 0.670. The van der Waals surface area contributed by atoms with Gasteiger partial charge in [0.05, 0.1) is 10.6 Å². The second kappa shape index (κ2) is 6.61. The number of sulfonamides is 1. The molecule has 2 aromatic carbocycles. The zero-order valence-electron chi connectivity index (χ0n) is 15.6. The van der Waals surface area contributed by atoms with E-state index in [1.807, 2.05) is 24.3 Å². The van der Waals surface area contributed by atoms with Gasteiger partial charge in [-0.15, -0.1) is 0 Å². The van der Waals surface area contributed by atoms with Crippen LogP contribution < -0.4 is 11.4 Å². The third-order valence-electron chi connectivity index (χ3n) is 5.21. The fourth-order valence-corrected chi connectivity index (χ4v) is 4.86. The van der Waals surface area contributed by atoms with Crippen molar-refractivity contribution in [1.29, 1.82) is 0 Å². The Labute approximate surface area is 161 Å². The Morgan fingerprint density at radius 3 is 2.00 bits per heavy atom. The van der Waals surface area contributed by atoms with Gasteiger partial charge >= 0.3 is 11.4 Å². The standard InChI is InChI=1S/C19H20N4O4S/c1-20-18(24)23(19(25)21(20)2)16-7-9-17(10-8-16)28(26,27)22-12-11-14-5-3-4-6-15(14)13-22/h3-10H,11-13H2,1-2H3. The highest BCUT2D eigenvalue weighted by Crippen LogP contribution is 2.25. The lowest BCUT2D eigenvalue weighted by molar-refractivity contribution is 0.391. The number of nitrogens with zero attached hydrogens (tertiary/aromatic N) is 4. The molecular formula is C19H20N4O4S. The summed E-state index contributed by atoms with van der Waals surface area (Å²) in [6, 6.07) is 13.7. The third kappa shape index (κ3) is 2.83. The van der Waals surface area contributed by atoms with Gasteiger partial charge in [0.2, 0.25) is 10.0 Å². The van der Waals surface area contributed by atoms with Crippen molar-refractivity contribution in [2.24, 2.45) is 14.1 Å². The summed E-state index contributed by atoms with van der Waals surface area (Å²) in [5.74, 6) is 0. The predicted molar refractivity (Wildman–Crippen MR) is 104 cm³/mol. The first-order chi connectivity index (χ1) is 13.3. The largest absolute Gasteiger partial charge is 0.351 e. The first kappa shape index (κ1) is 18.5. The van der Waals surface area contributed by atoms with Crippen LogP contribution in [0.5, 0.6) is 0 Å². The van der Waals surface area contributed by atoms with Gasteiger partial charge in [0.15, 0.2) is 0 Å². The number of benzene rings is 2. The van der Waals surface area contributed by atoms with E-state index in [9.17, 15) is 18.0 Å². The molecule has 0 unspecified atom stereocenters. The highest BCUT2D eigenvalue weighted by molar-refractivity contribution is 7.89. The molecule has 0 saturated heterocycles. The molecule has 28 heavy (non-hydrogen) atoms. The van der Waals surface area contributed by atoms with Crippen molar-refractivity contribution < 1.29 is 8.42 Å². The van der Waals surface area contributed by atoms with Crippen LogP contribution in [0.3, 0.4) is 0 Å². The van der Waals surface area contributed by atoms with Gasteiger partial charge in [-0.2, -0.15) is 4.31 Å². The molecule has 8 nitrogen and oxygen atoms in total. The third-order valence-corrected chi connectivity index (χ3v) is 7.07. The van der Waals surface area contributed by atoms with Gasteiger partial charge in [-0.3, -0.25) is 0 Å². The molecule has 146 valence electrons. The quantitative estimate of drug-likeness (QED) is 0.645. The van der Waals surface area contributed by atoms with Crippen molar-refractivity contribution in [2.75, 3.05) is 6.54 Å². The first-order valence-electron chi connectivity index (χ1n) is 8.83. The molecule has 2 heterocycles. The summed E-state index contributed by atoms with van der Waals surface area (Å²) in [5.41, 5.74) is 1.53. The lowest BCUT2D eigenvalue weighted by Gasteiger charge is -2.28. The van der Waals surface area contributed by atoms with E-state index in [-0.39, 0.29) is 4.90 Å². The fraction of sp³-hybridized carbons (Fsp3) is 0.263. The van der Waals surface area contributed by atoms with E-state index in [0.29, 0.717) is 25.2 Å². The summed E-state index contributed by atoms with van der Waals surface area (Å²) < 4.78 is 30.9. The topological polar surface area (TPSA) is 86.3 Å². The van der Waals surface area contributed by atoms with Crippen molar-refractivity contribution in [1.82, 2.24) is 18.2 Å². The summed E-state index contributed by atoms with van der Waals surface area (Å²) >= 11 is 0. The molecule has 0 spiro atoms. The Bertz CT molecular complexity index is 1230. The lowest BCUT2D eigenvalue weighted by atomic mass is 10.0. The Morgan fingerprint density at radius 1 is 0.821 bits per heavy atom. The van der Waals surface area contributed by atoms with Crippen LogP contribution in [0.25, 0.3) is 5.69 Å². The highest BCUT2D eigenvalue weighted by atomic mass is 32.2. The van der Waals surface area contributed by atoms with Gasteiger partial charge < -0.3 is 0 Å². The smallest absolute Gasteiger partial charge is 0.246 e. The van der Waals surface area contributed by atoms with Gasteiger partial charge in [-0.1, -0.05) is 24.3 Å². The molecule has 0 bridgehead atoms. The fourth-order valence-electron chi connectivity index (χ4n) is 3.44. The molecule has 4 rings (SSSR count). The normalized spacial score (nSPS) is 14.8. The van der Waals surface area contributed by atoms with Gasteiger partial charge in [-0.05, 0) is 41.8 Å². The van der Waals surface area contributed by atoms with Crippen LogP contribution >= 0.6 is 0 Å². The maximum absolute atomic E-state index is 13.0. The number of fused-ring (bicyclic) bond motifs is 1. The Morgan fingerprint density at radius 2 is 1.39 bits per heavy atom. The molecule has 1 aliphatic rings. The molecule has 0 atom stereocenters. The average molecular weight is 400 g/mol. The van der Waals surface area contributed by atoms with E-state index in [1.54, 1.807) is 0 Å². The van der Waals surface area contributed by atoms with Crippen LogP contribution in [0.4, 0.5) is 0 Å². The molecular weight excluding hydrogens is 380 g/mol. The van der Waals surface area contributed by atoms with E-state index in [4.69, 9.17) is 0 Å². The zero-order chi connectivity index (χ0) is 20.1. The van der Waals surface area contributed by atoms with E-state index < -0.39 is 21.4 Å². The van der Waals surface area contributed by atoms with E-state index in [2.05, 4.69) is 0 Å². The van der Waals surface area contributed by atoms with Crippen LogP contribution in [-0.2, 0) is 37.1 Å². The minimum atomic E-state index is -3.67. The van der Waals surface area contributed by atoms with Gasteiger partial charge in [0, 0.05) is 27.2 Å². The minimum absolute atomic E-state index is 0.136. The Hall–Kier alpha value is -2.91. The molecule has 3 aromatic rings. The van der Waals surface area contributed by atoms with Crippen molar-refractivity contribution in [3.63, 3.8) is 0 Å². The monoisotopic (exact) mass is 400 g/mol. The molecule has 1 aromatic heterocycles. The summed E-state index contributed by atoms with van der Waals surface area (Å²) in [6.45, 7) is 0.749. The predicted octanol–water partition coefficient (Wildman–Crippen LogP) is 0.622. The minimum Gasteiger partial charge on any atom is -0.246 e. The summed E-state index contributed by atoms with van der Waals surface area (Å²) in [5, 5.41) is 0. The van der Waals surface area contributed by atoms with Gasteiger partial charge in [0.1, 0.15) is 0 Å². The molecule has 1 aliphatic heterocycles. The van der Waals surface area contributed by atoms with E-state index in [1.165, 1.54) is 57.6 Å². The van der Waals surface area contributed by atoms with E-state index in [0.717, 1.165) is 10.1 Å². The second-order valence-corrected chi connectivity index (χ2v) is 8.74. The zero-order valence-corrected chi connectivity index (χ0v) is 16.4. The summed E-state index contributed by atoms with van der Waals surface area (Å²) in [7, 11) is -0.683. The number of rotatable bonds is 3. The van der Waals surface area contributed by atoms with Crippen LogP contribution in [0.15, 0.2) is 63.0 Å². The molecule has 0 saturated carbocycles. The van der Waals surface area contributed by atoms with Crippen LogP contribution in [-0.4, -0.2) is 33.2 Å². The number of aromatic nitrogens is 3. The molecule has 9 heteroatoms. The maximum Gasteiger partial charge on any atom is 0.351 e. The number of hydrogen-bond acceptors (Lipinski definition) is 4. The molecule has 0 amide bonds. The average Bonchev–Trinajstić information content (AvgIpc) is 2.90. The van der Waals surface area contributed by atoms with Crippen LogP contribution in [0, 0.1) is 0 Å². The first-order valence-corrected chi connectivity index (χ1v) is 10.3. The summed E-state index contributed by atoms with van der Waals surface area (Å²) in [4.78, 5) is 24.6. The van der Waals surface area contributed by atoms with Crippen molar-refractivity contribution >= 4 is 10.0 Å². The van der Waals surface area contributed by atoms with Crippen molar-refractivity contribution in [3.05, 3.63) is 80.6 Å². The van der Waals surface area contributed by atoms with Gasteiger partial charge in [0.25, 0.3) is 0 Å². The Kier molecular flexibility index (Phi) is 4.35. The van der Waals surface area contributed by atoms with E-state index >= 15 is 0 Å². The van der Waals surface area contributed by atoms with Crippen LogP contribution in [0.2, 0.25) is 0 Å². The van der Waals surface area contributed by atoms with Crippen molar-refractivity contribution in [2.45, 2.75) is 17.9 Å². The lowest BCUT2D eigenvalue weighted by Crippen LogP contribution is -2.36. The second-order valence-electron chi connectivity index (χ2n) is 6.80. The SMILES string of the molecule is Cn1c(=O)n(-c2ccc(S(=O)(=O)N3CCc4ccccc4C3)cc2)c(=O)n1C. The molecule has 0 N–H and O–H groups in total. The molecule has 0 fully saturated rings.